The molecule has 1 saturated heterocycles. The van der Waals surface area contributed by atoms with E-state index in [1.54, 1.807) is 6.08 Å². The molecule has 2 amide bonds. The molecule has 0 aromatic carbocycles. The Morgan fingerprint density at radius 1 is 1.26 bits per heavy atom. The normalized spacial score (nSPS) is 15.6. The highest BCUT2D eigenvalue weighted by Gasteiger charge is 2.25. The number of nitrogens with one attached hydrogen (secondary N) is 2. The molecular weight excluding hydrogens is 262 g/mol. The van der Waals surface area contributed by atoms with Crippen LogP contribution in [0.2, 0.25) is 0 Å². The SMILES string of the molecule is Cc1cc(C=C2C(=O)NC(=S)NC2=O)cn1C(C)C. The summed E-state index contributed by atoms with van der Waals surface area (Å²) >= 11 is 4.74. The van der Waals surface area contributed by atoms with Crippen LogP contribution in [-0.4, -0.2) is 21.5 Å². The number of aromatic nitrogens is 1. The van der Waals surface area contributed by atoms with E-state index < -0.39 is 11.8 Å². The lowest BCUT2D eigenvalue weighted by Crippen LogP contribution is -2.51. The van der Waals surface area contributed by atoms with Gasteiger partial charge in [0.25, 0.3) is 11.8 Å². The molecule has 2 N–H and O–H groups in total. The van der Waals surface area contributed by atoms with E-state index in [4.69, 9.17) is 12.2 Å². The molecule has 0 saturated carbocycles. The number of rotatable bonds is 2. The minimum Gasteiger partial charge on any atom is -0.349 e. The van der Waals surface area contributed by atoms with Crippen molar-refractivity contribution in [2.45, 2.75) is 26.8 Å². The molecular formula is C13H15N3O2S. The first-order chi connectivity index (χ1) is 8.88. The Bertz CT molecular complexity index is 577. The van der Waals surface area contributed by atoms with Gasteiger partial charge in [0.1, 0.15) is 5.57 Å². The second kappa shape index (κ2) is 4.97. The highest BCUT2D eigenvalue weighted by atomic mass is 32.1. The molecule has 5 nitrogen and oxygen atoms in total. The molecule has 1 aromatic heterocycles. The second-order valence-corrected chi connectivity index (χ2v) is 5.12. The van der Waals surface area contributed by atoms with Crippen LogP contribution in [0.5, 0.6) is 0 Å². The summed E-state index contributed by atoms with van der Waals surface area (Å²) in [5, 5.41) is 4.86. The Morgan fingerprint density at radius 3 is 2.32 bits per heavy atom. The number of hydrogen-bond donors (Lipinski definition) is 2. The molecule has 1 aliphatic heterocycles. The van der Waals surface area contributed by atoms with E-state index in [0.29, 0.717) is 6.04 Å². The molecule has 1 aromatic rings. The Morgan fingerprint density at radius 2 is 1.84 bits per heavy atom. The molecule has 0 aliphatic carbocycles. The van der Waals surface area contributed by atoms with Crippen LogP contribution in [0.25, 0.3) is 6.08 Å². The van der Waals surface area contributed by atoms with E-state index in [-0.39, 0.29) is 10.7 Å². The number of nitrogens with zero attached hydrogens (tertiary/aromatic N) is 1. The van der Waals surface area contributed by atoms with Crippen molar-refractivity contribution in [1.82, 2.24) is 15.2 Å². The molecule has 1 aliphatic rings. The van der Waals surface area contributed by atoms with E-state index in [1.807, 2.05) is 19.2 Å². The summed E-state index contributed by atoms with van der Waals surface area (Å²) in [7, 11) is 0. The molecule has 2 rings (SSSR count). The number of thiocarbonyl (C=S) groups is 1. The quantitative estimate of drug-likeness (QED) is 0.486. The number of amides is 2. The summed E-state index contributed by atoms with van der Waals surface area (Å²) in [5.41, 5.74) is 1.96. The first-order valence-electron chi connectivity index (χ1n) is 5.95. The molecule has 0 unspecified atom stereocenters. The average Bonchev–Trinajstić information content (AvgIpc) is 2.65. The van der Waals surface area contributed by atoms with Gasteiger partial charge in [-0.15, -0.1) is 0 Å². The zero-order valence-electron chi connectivity index (χ0n) is 11.0. The zero-order chi connectivity index (χ0) is 14.2. The molecule has 0 atom stereocenters. The molecule has 0 radical (unpaired) electrons. The predicted octanol–water partition coefficient (Wildman–Crippen LogP) is 1.29. The standard InChI is InChI=1S/C13H15N3O2S/c1-7(2)16-6-9(4-8(16)3)5-10-11(17)14-13(19)15-12(10)18/h4-7H,1-3H3,(H2,14,15,17,18,19). The maximum atomic E-state index is 11.7. The summed E-state index contributed by atoms with van der Waals surface area (Å²) in [6.07, 6.45) is 3.48. The van der Waals surface area contributed by atoms with Crippen LogP contribution in [0, 0.1) is 6.92 Å². The van der Waals surface area contributed by atoms with Crippen molar-refractivity contribution < 1.29 is 9.59 Å². The first-order valence-corrected chi connectivity index (χ1v) is 6.36. The molecule has 0 spiro atoms. The van der Waals surface area contributed by atoms with Crippen molar-refractivity contribution in [1.29, 1.82) is 0 Å². The maximum absolute atomic E-state index is 11.7. The first kappa shape index (κ1) is 13.5. The van der Waals surface area contributed by atoms with Crippen LogP contribution in [0.1, 0.15) is 31.1 Å². The van der Waals surface area contributed by atoms with Crippen LogP contribution in [0.4, 0.5) is 0 Å². The van der Waals surface area contributed by atoms with Gasteiger partial charge in [0.15, 0.2) is 5.11 Å². The fourth-order valence-electron chi connectivity index (χ4n) is 2.02. The van der Waals surface area contributed by atoms with E-state index in [9.17, 15) is 9.59 Å². The van der Waals surface area contributed by atoms with Gasteiger partial charge in [-0.25, -0.2) is 0 Å². The fraction of sp³-hybridized carbons (Fsp3) is 0.308. The van der Waals surface area contributed by atoms with Crippen LogP contribution in [0.15, 0.2) is 17.8 Å². The number of hydrogen-bond acceptors (Lipinski definition) is 3. The van der Waals surface area contributed by atoms with E-state index >= 15 is 0 Å². The van der Waals surface area contributed by atoms with E-state index in [1.165, 1.54) is 0 Å². The van der Waals surface area contributed by atoms with E-state index in [0.717, 1.165) is 11.3 Å². The van der Waals surface area contributed by atoms with Gasteiger partial charge in [-0.3, -0.25) is 20.2 Å². The number of carbonyl (C=O) groups excluding carboxylic acids is 2. The summed E-state index contributed by atoms with van der Waals surface area (Å²) in [6, 6.07) is 2.26. The largest absolute Gasteiger partial charge is 0.349 e. The smallest absolute Gasteiger partial charge is 0.263 e. The van der Waals surface area contributed by atoms with Gasteiger partial charge < -0.3 is 4.57 Å². The Kier molecular flexibility index (Phi) is 3.53. The lowest BCUT2D eigenvalue weighted by atomic mass is 10.1. The van der Waals surface area contributed by atoms with Gasteiger partial charge in [0.2, 0.25) is 0 Å². The van der Waals surface area contributed by atoms with Crippen molar-refractivity contribution >= 4 is 35.2 Å². The van der Waals surface area contributed by atoms with Crippen molar-refractivity contribution in [3.63, 3.8) is 0 Å². The van der Waals surface area contributed by atoms with Gasteiger partial charge in [-0.2, -0.15) is 0 Å². The molecule has 1 fully saturated rings. The van der Waals surface area contributed by atoms with Crippen molar-refractivity contribution in [3.8, 4) is 0 Å². The highest BCUT2D eigenvalue weighted by Crippen LogP contribution is 2.17. The third-order valence-electron chi connectivity index (χ3n) is 2.88. The molecule has 2 heterocycles. The molecule has 6 heteroatoms. The maximum Gasteiger partial charge on any atom is 0.263 e. The van der Waals surface area contributed by atoms with Crippen LogP contribution >= 0.6 is 12.2 Å². The van der Waals surface area contributed by atoms with Crippen molar-refractivity contribution in [2.75, 3.05) is 0 Å². The summed E-state index contributed by atoms with van der Waals surface area (Å²) in [4.78, 5) is 23.4. The Hall–Kier alpha value is -1.95. The van der Waals surface area contributed by atoms with Crippen LogP contribution in [-0.2, 0) is 9.59 Å². The lowest BCUT2D eigenvalue weighted by molar-refractivity contribution is -0.123. The minimum absolute atomic E-state index is 0.0445. The molecule has 100 valence electrons. The highest BCUT2D eigenvalue weighted by molar-refractivity contribution is 7.80. The topological polar surface area (TPSA) is 63.1 Å². The monoisotopic (exact) mass is 277 g/mol. The van der Waals surface area contributed by atoms with Gasteiger partial charge in [-0.1, -0.05) is 0 Å². The van der Waals surface area contributed by atoms with Crippen LogP contribution in [0.3, 0.4) is 0 Å². The summed E-state index contributed by atoms with van der Waals surface area (Å²) < 4.78 is 2.08. The molecule has 19 heavy (non-hydrogen) atoms. The Labute approximate surface area is 116 Å². The van der Waals surface area contributed by atoms with Crippen LogP contribution < -0.4 is 10.6 Å². The number of carbonyl (C=O) groups is 2. The molecule has 0 bridgehead atoms. The average molecular weight is 277 g/mol. The van der Waals surface area contributed by atoms with E-state index in [2.05, 4.69) is 29.0 Å². The predicted molar refractivity (Wildman–Crippen MR) is 76.4 cm³/mol. The third-order valence-corrected chi connectivity index (χ3v) is 3.09. The van der Waals surface area contributed by atoms with Gasteiger partial charge in [0, 0.05) is 17.9 Å². The Balaban J connectivity index is 2.35. The van der Waals surface area contributed by atoms with Gasteiger partial charge in [-0.05, 0) is 50.7 Å². The summed E-state index contributed by atoms with van der Waals surface area (Å²) in [5.74, 6) is -0.938. The second-order valence-electron chi connectivity index (χ2n) is 4.71. The van der Waals surface area contributed by atoms with Crippen molar-refractivity contribution in [2.24, 2.45) is 0 Å². The minimum atomic E-state index is -0.469. The third kappa shape index (κ3) is 2.73. The van der Waals surface area contributed by atoms with Gasteiger partial charge >= 0.3 is 0 Å². The zero-order valence-corrected chi connectivity index (χ0v) is 11.8. The summed E-state index contributed by atoms with van der Waals surface area (Å²) in [6.45, 7) is 6.13. The fourth-order valence-corrected chi connectivity index (χ4v) is 2.21. The van der Waals surface area contributed by atoms with Gasteiger partial charge in [0.05, 0.1) is 0 Å². The van der Waals surface area contributed by atoms with Crippen molar-refractivity contribution in [3.05, 3.63) is 29.1 Å². The lowest BCUT2D eigenvalue weighted by Gasteiger charge is -2.16. The number of aryl methyl sites for hydroxylation is 1.